The number of rotatable bonds is 6. The second kappa shape index (κ2) is 9.20. The monoisotopic (exact) mass is 386 g/mol. The Balaban J connectivity index is 1.74. The normalized spacial score (nSPS) is 17.3. The average molecular weight is 386 g/mol. The van der Waals surface area contributed by atoms with Crippen molar-refractivity contribution in [3.05, 3.63) is 113 Å². The second-order valence-electron chi connectivity index (χ2n) is 6.86. The molecule has 0 bridgehead atoms. The Morgan fingerprint density at radius 2 is 1.76 bits per heavy atom. The molecular weight excluding hydrogens is 360 g/mol. The molecule has 0 aliphatic heterocycles. The Morgan fingerprint density at radius 3 is 2.41 bits per heavy atom. The van der Waals surface area contributed by atoms with Gasteiger partial charge in [0.15, 0.2) is 0 Å². The van der Waals surface area contributed by atoms with Gasteiger partial charge in [0.05, 0.1) is 17.3 Å². The van der Waals surface area contributed by atoms with E-state index in [0.717, 1.165) is 34.1 Å². The summed E-state index contributed by atoms with van der Waals surface area (Å²) in [5.41, 5.74) is 3.96. The predicted octanol–water partition coefficient (Wildman–Crippen LogP) is 6.41. The van der Waals surface area contributed by atoms with E-state index in [1.165, 1.54) is 0 Å². The summed E-state index contributed by atoms with van der Waals surface area (Å²) in [4.78, 5) is 8.86. The predicted molar refractivity (Wildman–Crippen MR) is 118 cm³/mol. The first-order chi connectivity index (χ1) is 14.0. The quantitative estimate of drug-likeness (QED) is 0.538. The maximum atomic E-state index is 5.78. The van der Waals surface area contributed by atoms with Gasteiger partial charge in [-0.1, -0.05) is 67.3 Å². The number of allylic oxidation sites excluding steroid dienone is 12. The fourth-order valence-corrected chi connectivity index (χ4v) is 2.84. The lowest BCUT2D eigenvalue weighted by atomic mass is 10.0. The lowest BCUT2D eigenvalue weighted by molar-refractivity contribution is 0.470. The highest BCUT2D eigenvalue weighted by atomic mass is 16.4. The molecular formula is C25H26N2O2. The van der Waals surface area contributed by atoms with E-state index >= 15 is 0 Å². The first kappa shape index (κ1) is 20.3. The van der Waals surface area contributed by atoms with E-state index in [2.05, 4.69) is 40.9 Å². The molecule has 1 atom stereocenters. The van der Waals surface area contributed by atoms with Gasteiger partial charge < -0.3 is 8.83 Å². The Hall–Kier alpha value is -3.40. The topological polar surface area (TPSA) is 52.1 Å². The molecule has 2 heterocycles. The fraction of sp³-hybridized carbons (Fsp3) is 0.200. The molecule has 0 amide bonds. The van der Waals surface area contributed by atoms with Gasteiger partial charge in [0.2, 0.25) is 11.8 Å². The van der Waals surface area contributed by atoms with Crippen molar-refractivity contribution in [2.24, 2.45) is 0 Å². The van der Waals surface area contributed by atoms with E-state index in [1.54, 1.807) is 6.08 Å². The van der Waals surface area contributed by atoms with Gasteiger partial charge in [-0.2, -0.15) is 0 Å². The van der Waals surface area contributed by atoms with Crippen LogP contribution in [0.25, 0.3) is 6.08 Å². The standard InChI is InChI=1S/C25H26N2O2/c1-6-10-21(11-7-8-14-24-26-17(2)19(4)28-24)22-12-9-13-23(16-15-22)25-27-18(3)20(5)29-25/h6-16,23H,1H2,2-5H3/b11-7-,14-8+,21-10+. The molecule has 2 aromatic heterocycles. The second-order valence-corrected chi connectivity index (χ2v) is 6.86. The average Bonchev–Trinajstić information content (AvgIpc) is 3.08. The molecule has 2 aromatic rings. The van der Waals surface area contributed by atoms with Crippen molar-refractivity contribution >= 4 is 6.08 Å². The van der Waals surface area contributed by atoms with Crippen LogP contribution in [-0.2, 0) is 0 Å². The van der Waals surface area contributed by atoms with Gasteiger partial charge in [-0.15, -0.1) is 0 Å². The van der Waals surface area contributed by atoms with Crippen molar-refractivity contribution in [2.75, 3.05) is 0 Å². The first-order valence-corrected chi connectivity index (χ1v) is 9.60. The number of hydrogen-bond donors (Lipinski definition) is 0. The molecule has 148 valence electrons. The van der Waals surface area contributed by atoms with Gasteiger partial charge in [-0.05, 0) is 38.8 Å². The summed E-state index contributed by atoms with van der Waals surface area (Å²) < 4.78 is 11.3. The van der Waals surface area contributed by atoms with Crippen LogP contribution < -0.4 is 0 Å². The van der Waals surface area contributed by atoms with Gasteiger partial charge in [0.1, 0.15) is 11.5 Å². The molecule has 4 nitrogen and oxygen atoms in total. The summed E-state index contributed by atoms with van der Waals surface area (Å²) in [6.07, 6.45) is 21.9. The Kier molecular flexibility index (Phi) is 6.45. The number of aryl methyl sites for hydroxylation is 4. The molecule has 29 heavy (non-hydrogen) atoms. The minimum Gasteiger partial charge on any atom is -0.445 e. The highest BCUT2D eigenvalue weighted by Crippen LogP contribution is 2.26. The van der Waals surface area contributed by atoms with Crippen LogP contribution in [0.2, 0.25) is 0 Å². The van der Waals surface area contributed by atoms with Crippen LogP contribution in [0.5, 0.6) is 0 Å². The number of hydrogen-bond acceptors (Lipinski definition) is 4. The lowest BCUT2D eigenvalue weighted by Crippen LogP contribution is -1.91. The lowest BCUT2D eigenvalue weighted by Gasteiger charge is -2.03. The molecule has 0 saturated heterocycles. The number of aromatic nitrogens is 2. The molecule has 1 aliphatic carbocycles. The molecule has 0 aromatic carbocycles. The Bertz CT molecular complexity index is 1030. The minimum absolute atomic E-state index is 0.0153. The van der Waals surface area contributed by atoms with E-state index < -0.39 is 0 Å². The van der Waals surface area contributed by atoms with Crippen LogP contribution in [0.3, 0.4) is 0 Å². The number of oxazole rings is 2. The largest absolute Gasteiger partial charge is 0.445 e. The van der Waals surface area contributed by atoms with Crippen LogP contribution in [0.4, 0.5) is 0 Å². The van der Waals surface area contributed by atoms with E-state index in [0.29, 0.717) is 11.8 Å². The van der Waals surface area contributed by atoms with Crippen LogP contribution in [0, 0.1) is 27.7 Å². The van der Waals surface area contributed by atoms with Crippen LogP contribution >= 0.6 is 0 Å². The third kappa shape index (κ3) is 5.11. The van der Waals surface area contributed by atoms with E-state index in [4.69, 9.17) is 8.83 Å². The smallest absolute Gasteiger partial charge is 0.219 e. The maximum absolute atomic E-state index is 5.78. The molecule has 0 saturated carbocycles. The van der Waals surface area contributed by atoms with Crippen molar-refractivity contribution in [1.82, 2.24) is 9.97 Å². The van der Waals surface area contributed by atoms with Crippen molar-refractivity contribution in [3.8, 4) is 0 Å². The van der Waals surface area contributed by atoms with Crippen molar-refractivity contribution in [1.29, 1.82) is 0 Å². The summed E-state index contributed by atoms with van der Waals surface area (Å²) in [6, 6.07) is 0. The summed E-state index contributed by atoms with van der Waals surface area (Å²) in [6.45, 7) is 11.6. The summed E-state index contributed by atoms with van der Waals surface area (Å²) >= 11 is 0. The van der Waals surface area contributed by atoms with Gasteiger partial charge in [0.25, 0.3) is 0 Å². The molecule has 0 spiro atoms. The van der Waals surface area contributed by atoms with Gasteiger partial charge >= 0.3 is 0 Å². The Labute approximate surface area is 172 Å². The molecule has 0 N–H and O–H groups in total. The van der Waals surface area contributed by atoms with Crippen molar-refractivity contribution < 1.29 is 8.83 Å². The van der Waals surface area contributed by atoms with Crippen LogP contribution in [0.1, 0.15) is 40.6 Å². The minimum atomic E-state index is 0.0153. The summed E-state index contributed by atoms with van der Waals surface area (Å²) in [7, 11) is 0. The first-order valence-electron chi connectivity index (χ1n) is 9.60. The molecule has 0 fully saturated rings. The molecule has 4 heteroatoms. The van der Waals surface area contributed by atoms with E-state index in [1.807, 2.05) is 64.2 Å². The fourth-order valence-electron chi connectivity index (χ4n) is 2.84. The zero-order valence-electron chi connectivity index (χ0n) is 17.3. The number of nitrogens with zero attached hydrogens (tertiary/aromatic N) is 2. The third-order valence-corrected chi connectivity index (χ3v) is 4.71. The van der Waals surface area contributed by atoms with Gasteiger partial charge in [-0.25, -0.2) is 9.97 Å². The molecule has 1 unspecified atom stereocenters. The van der Waals surface area contributed by atoms with Crippen LogP contribution in [0.15, 0.2) is 87.3 Å². The van der Waals surface area contributed by atoms with Crippen LogP contribution in [-0.4, -0.2) is 9.97 Å². The van der Waals surface area contributed by atoms with E-state index in [9.17, 15) is 0 Å². The molecule has 0 radical (unpaired) electrons. The van der Waals surface area contributed by atoms with Crippen molar-refractivity contribution in [2.45, 2.75) is 33.6 Å². The van der Waals surface area contributed by atoms with Gasteiger partial charge in [-0.3, -0.25) is 0 Å². The SMILES string of the molecule is C=C\C=C(/C=C\C=C\c1nc(C)c(C)o1)C1=CC=CC(c2nc(C)c(C)o2)C=C1. The molecule has 3 rings (SSSR count). The zero-order chi connectivity index (χ0) is 20.8. The van der Waals surface area contributed by atoms with Crippen molar-refractivity contribution in [3.63, 3.8) is 0 Å². The Morgan fingerprint density at radius 1 is 1.00 bits per heavy atom. The summed E-state index contributed by atoms with van der Waals surface area (Å²) in [5, 5.41) is 0. The highest BCUT2D eigenvalue weighted by Gasteiger charge is 2.14. The third-order valence-electron chi connectivity index (χ3n) is 4.71. The van der Waals surface area contributed by atoms with E-state index in [-0.39, 0.29) is 5.92 Å². The van der Waals surface area contributed by atoms with Gasteiger partial charge in [0, 0.05) is 6.08 Å². The highest BCUT2D eigenvalue weighted by molar-refractivity contribution is 5.53. The maximum Gasteiger partial charge on any atom is 0.219 e. The molecule has 1 aliphatic rings. The summed E-state index contributed by atoms with van der Waals surface area (Å²) in [5.74, 6) is 3.03. The zero-order valence-corrected chi connectivity index (χ0v) is 17.3.